The normalized spacial score (nSPS) is 17.6. The Kier molecular flexibility index (Phi) is 4.27. The number of carbonyl (C=O) groups excluding carboxylic acids is 1. The number of nitrogens with zero attached hydrogens (tertiary/aromatic N) is 4. The third-order valence-electron chi connectivity index (χ3n) is 3.96. The Morgan fingerprint density at radius 1 is 1.32 bits per heavy atom. The summed E-state index contributed by atoms with van der Waals surface area (Å²) in [5.41, 5.74) is 0.757. The van der Waals surface area contributed by atoms with Gasteiger partial charge in [-0.2, -0.15) is 0 Å². The van der Waals surface area contributed by atoms with Crippen molar-refractivity contribution in [1.82, 2.24) is 19.4 Å². The van der Waals surface area contributed by atoms with E-state index in [0.717, 1.165) is 25.1 Å². The zero-order valence-electron chi connectivity index (χ0n) is 12.3. The number of carbonyl (C=O) groups is 1. The van der Waals surface area contributed by atoms with Gasteiger partial charge in [0.05, 0.1) is 17.9 Å². The van der Waals surface area contributed by atoms with Crippen molar-refractivity contribution in [2.75, 3.05) is 6.54 Å². The van der Waals surface area contributed by atoms with Crippen molar-refractivity contribution in [3.63, 3.8) is 0 Å². The lowest BCUT2D eigenvalue weighted by molar-refractivity contribution is -0.132. The first kappa shape index (κ1) is 14.4. The Morgan fingerprint density at radius 2 is 2.23 bits per heavy atom. The lowest BCUT2D eigenvalue weighted by Crippen LogP contribution is -2.32. The van der Waals surface area contributed by atoms with Gasteiger partial charge >= 0.3 is 0 Å². The van der Waals surface area contributed by atoms with Crippen molar-refractivity contribution in [2.45, 2.75) is 31.8 Å². The third kappa shape index (κ3) is 3.05. The van der Waals surface area contributed by atoms with Crippen LogP contribution in [-0.4, -0.2) is 31.9 Å². The second-order valence-electron chi connectivity index (χ2n) is 5.36. The van der Waals surface area contributed by atoms with Crippen molar-refractivity contribution in [3.05, 3.63) is 59.0 Å². The molecule has 1 aliphatic rings. The van der Waals surface area contributed by atoms with Crippen molar-refractivity contribution in [2.24, 2.45) is 0 Å². The Labute approximate surface area is 128 Å². The van der Waals surface area contributed by atoms with E-state index in [1.54, 1.807) is 41.5 Å². The maximum Gasteiger partial charge on any atom is 0.250 e. The van der Waals surface area contributed by atoms with Crippen LogP contribution in [0.2, 0.25) is 0 Å². The van der Waals surface area contributed by atoms with Gasteiger partial charge in [-0.25, -0.2) is 0 Å². The maximum atomic E-state index is 12.5. The molecule has 0 N–H and O–H groups in total. The van der Waals surface area contributed by atoms with Crippen LogP contribution in [0.1, 0.15) is 31.0 Å². The Bertz CT molecular complexity index is 699. The number of likely N-dealkylation sites (tertiary alicyclic amines) is 1. The molecule has 0 saturated carbocycles. The highest BCUT2D eigenvalue weighted by Gasteiger charge is 2.30. The summed E-state index contributed by atoms with van der Waals surface area (Å²) in [5, 5.41) is 0. The Balaban J connectivity index is 1.67. The average molecular weight is 298 g/mol. The highest BCUT2D eigenvalue weighted by atomic mass is 16.2. The van der Waals surface area contributed by atoms with Crippen LogP contribution in [0.25, 0.3) is 0 Å². The van der Waals surface area contributed by atoms with Gasteiger partial charge in [-0.1, -0.05) is 6.07 Å². The Morgan fingerprint density at radius 3 is 3.00 bits per heavy atom. The fourth-order valence-electron chi connectivity index (χ4n) is 2.86. The zero-order valence-corrected chi connectivity index (χ0v) is 12.3. The van der Waals surface area contributed by atoms with Crippen LogP contribution in [0.4, 0.5) is 0 Å². The highest BCUT2D eigenvalue weighted by Crippen LogP contribution is 2.30. The molecule has 6 nitrogen and oxygen atoms in total. The van der Waals surface area contributed by atoms with Gasteiger partial charge in [0.1, 0.15) is 0 Å². The van der Waals surface area contributed by atoms with Gasteiger partial charge < -0.3 is 9.47 Å². The minimum atomic E-state index is -0.0813. The number of aryl methyl sites for hydroxylation is 1. The fourth-order valence-corrected chi connectivity index (χ4v) is 2.86. The number of rotatable bonds is 4. The van der Waals surface area contributed by atoms with Crippen molar-refractivity contribution in [3.8, 4) is 0 Å². The van der Waals surface area contributed by atoms with Gasteiger partial charge in [0.2, 0.25) is 5.91 Å². The number of amides is 1. The first-order chi connectivity index (χ1) is 10.8. The lowest BCUT2D eigenvalue weighted by Gasteiger charge is -2.24. The van der Waals surface area contributed by atoms with Crippen molar-refractivity contribution >= 4 is 5.91 Å². The number of pyridine rings is 1. The molecule has 0 radical (unpaired) electrons. The zero-order chi connectivity index (χ0) is 15.4. The molecular formula is C16H18N4O2. The molecule has 6 heteroatoms. The number of hydrogen-bond donors (Lipinski definition) is 0. The first-order valence-electron chi connectivity index (χ1n) is 7.46. The largest absolute Gasteiger partial charge is 0.334 e. The topological polar surface area (TPSA) is 68.1 Å². The predicted octanol–water partition coefficient (Wildman–Crippen LogP) is 1.39. The van der Waals surface area contributed by atoms with Crippen LogP contribution in [0, 0.1) is 0 Å². The summed E-state index contributed by atoms with van der Waals surface area (Å²) in [6.45, 7) is 1.14. The summed E-state index contributed by atoms with van der Waals surface area (Å²) >= 11 is 0. The van der Waals surface area contributed by atoms with E-state index in [9.17, 15) is 9.59 Å². The highest BCUT2D eigenvalue weighted by molar-refractivity contribution is 5.76. The summed E-state index contributed by atoms with van der Waals surface area (Å²) in [4.78, 5) is 34.4. The molecule has 2 aromatic heterocycles. The van der Waals surface area contributed by atoms with Gasteiger partial charge in [-0.3, -0.25) is 19.6 Å². The summed E-state index contributed by atoms with van der Waals surface area (Å²) in [6.07, 6.45) is 8.92. The van der Waals surface area contributed by atoms with Crippen LogP contribution < -0.4 is 5.56 Å². The van der Waals surface area contributed by atoms with E-state index in [2.05, 4.69) is 9.97 Å². The molecular weight excluding hydrogens is 280 g/mol. The smallest absolute Gasteiger partial charge is 0.250 e. The standard InChI is InChI=1S/C16H18N4O2/c21-15-5-1-2-9-19(15)11-6-16(22)20-10-3-4-14(20)13-12-17-7-8-18-13/h1-2,5,7-9,12,14H,3-4,6,10-11H2/t14-/m1/s1. The minimum Gasteiger partial charge on any atom is -0.334 e. The average Bonchev–Trinajstić information content (AvgIpc) is 3.04. The molecule has 1 fully saturated rings. The van der Waals surface area contributed by atoms with Crippen molar-refractivity contribution in [1.29, 1.82) is 0 Å². The van der Waals surface area contributed by atoms with Crippen molar-refractivity contribution < 1.29 is 4.79 Å². The van der Waals surface area contributed by atoms with Crippen LogP contribution in [0.15, 0.2) is 47.8 Å². The van der Waals surface area contributed by atoms with Gasteiger partial charge in [-0.05, 0) is 18.9 Å². The first-order valence-corrected chi connectivity index (χ1v) is 7.46. The molecule has 0 unspecified atom stereocenters. The van der Waals surface area contributed by atoms with E-state index in [1.807, 2.05) is 4.90 Å². The molecule has 3 rings (SSSR count). The van der Waals surface area contributed by atoms with Gasteiger partial charge in [0, 0.05) is 44.2 Å². The third-order valence-corrected chi connectivity index (χ3v) is 3.96. The van der Waals surface area contributed by atoms with Crippen LogP contribution in [0.5, 0.6) is 0 Å². The monoisotopic (exact) mass is 298 g/mol. The molecule has 22 heavy (non-hydrogen) atoms. The van der Waals surface area contributed by atoms with E-state index in [-0.39, 0.29) is 17.5 Å². The molecule has 1 saturated heterocycles. The molecule has 0 aliphatic carbocycles. The fraction of sp³-hybridized carbons (Fsp3) is 0.375. The summed E-state index contributed by atoms with van der Waals surface area (Å²) in [5.74, 6) is 0.0592. The molecule has 1 amide bonds. The SMILES string of the molecule is O=C(CCn1ccccc1=O)N1CCC[C@@H]1c1cnccn1. The van der Waals surface area contributed by atoms with Crippen LogP contribution in [-0.2, 0) is 11.3 Å². The second-order valence-corrected chi connectivity index (χ2v) is 5.36. The minimum absolute atomic E-state index is 0.00805. The molecule has 0 bridgehead atoms. The predicted molar refractivity (Wildman–Crippen MR) is 81.0 cm³/mol. The maximum absolute atomic E-state index is 12.5. The summed E-state index contributed by atoms with van der Waals surface area (Å²) in [6, 6.07) is 5.01. The summed E-state index contributed by atoms with van der Waals surface area (Å²) < 4.78 is 1.56. The van der Waals surface area contributed by atoms with Gasteiger partial charge in [0.15, 0.2) is 0 Å². The summed E-state index contributed by atoms with van der Waals surface area (Å²) in [7, 11) is 0. The van der Waals surface area contributed by atoms with E-state index >= 15 is 0 Å². The molecule has 3 heterocycles. The molecule has 114 valence electrons. The Hall–Kier alpha value is -2.50. The van der Waals surface area contributed by atoms with Gasteiger partial charge in [-0.15, -0.1) is 0 Å². The van der Waals surface area contributed by atoms with Gasteiger partial charge in [0.25, 0.3) is 5.56 Å². The quantitative estimate of drug-likeness (QED) is 0.855. The van der Waals surface area contributed by atoms with Crippen LogP contribution >= 0.6 is 0 Å². The molecule has 0 spiro atoms. The number of hydrogen-bond acceptors (Lipinski definition) is 4. The van der Waals surface area contributed by atoms with E-state index in [4.69, 9.17) is 0 Å². The second kappa shape index (κ2) is 6.51. The molecule has 0 aromatic carbocycles. The van der Waals surface area contributed by atoms with E-state index in [1.165, 1.54) is 6.07 Å². The van der Waals surface area contributed by atoms with Crippen LogP contribution in [0.3, 0.4) is 0 Å². The number of aromatic nitrogens is 3. The lowest BCUT2D eigenvalue weighted by atomic mass is 10.1. The molecule has 1 atom stereocenters. The van der Waals surface area contributed by atoms with E-state index in [0.29, 0.717) is 13.0 Å². The molecule has 2 aromatic rings. The molecule has 1 aliphatic heterocycles. The van der Waals surface area contributed by atoms with E-state index < -0.39 is 0 Å².